The third-order valence-corrected chi connectivity index (χ3v) is 4.28. The number of aromatic nitrogens is 1. The summed E-state index contributed by atoms with van der Waals surface area (Å²) in [6.45, 7) is 0. The van der Waals surface area contributed by atoms with Crippen molar-refractivity contribution in [3.63, 3.8) is 0 Å². The molecule has 0 atom stereocenters. The summed E-state index contributed by atoms with van der Waals surface area (Å²) in [5.74, 6) is 0.835. The number of halogens is 2. The molecule has 1 aromatic carbocycles. The molecule has 0 spiro atoms. The number of benzene rings is 1. The predicted octanol–water partition coefficient (Wildman–Crippen LogP) is 5.04. The van der Waals surface area contributed by atoms with Gasteiger partial charge in [-0.15, -0.1) is 0 Å². The van der Waals surface area contributed by atoms with Gasteiger partial charge in [-0.2, -0.15) is 5.26 Å². The maximum absolute atomic E-state index is 9.30. The SMILES string of the molecule is N#Cc1cc2c(nc1Oc1ccc(Br)cc1Cl)CCCC2. The molecule has 2 aromatic rings. The zero-order valence-corrected chi connectivity index (χ0v) is 13.5. The van der Waals surface area contributed by atoms with Crippen LogP contribution in [-0.4, -0.2) is 4.98 Å². The quantitative estimate of drug-likeness (QED) is 0.751. The Morgan fingerprint density at radius 1 is 1.24 bits per heavy atom. The highest BCUT2D eigenvalue weighted by Gasteiger charge is 2.17. The monoisotopic (exact) mass is 362 g/mol. The third-order valence-electron chi connectivity index (χ3n) is 3.49. The van der Waals surface area contributed by atoms with Crippen molar-refractivity contribution in [1.82, 2.24) is 4.98 Å². The molecule has 3 nitrogen and oxygen atoms in total. The van der Waals surface area contributed by atoms with Crippen molar-refractivity contribution in [2.75, 3.05) is 0 Å². The van der Waals surface area contributed by atoms with Crippen LogP contribution in [0, 0.1) is 11.3 Å². The zero-order chi connectivity index (χ0) is 14.8. The minimum absolute atomic E-state index is 0.336. The first kappa shape index (κ1) is 14.4. The van der Waals surface area contributed by atoms with Gasteiger partial charge in [-0.1, -0.05) is 27.5 Å². The molecule has 1 aromatic heterocycles. The Hall–Kier alpha value is -1.57. The molecule has 1 heterocycles. The fourth-order valence-electron chi connectivity index (χ4n) is 2.43. The second-order valence-electron chi connectivity index (χ2n) is 4.94. The summed E-state index contributed by atoms with van der Waals surface area (Å²) >= 11 is 9.50. The smallest absolute Gasteiger partial charge is 0.237 e. The minimum atomic E-state index is 0.336. The third kappa shape index (κ3) is 3.04. The van der Waals surface area contributed by atoms with Crippen molar-refractivity contribution >= 4 is 27.5 Å². The molecule has 1 aliphatic carbocycles. The lowest BCUT2D eigenvalue weighted by molar-refractivity contribution is 0.456. The van der Waals surface area contributed by atoms with Crippen LogP contribution in [0.5, 0.6) is 11.6 Å². The molecule has 5 heteroatoms. The van der Waals surface area contributed by atoms with Crippen molar-refractivity contribution < 1.29 is 4.74 Å². The fourth-order valence-corrected chi connectivity index (χ4v) is 3.15. The van der Waals surface area contributed by atoms with Gasteiger partial charge in [0.15, 0.2) is 0 Å². The molecule has 3 rings (SSSR count). The minimum Gasteiger partial charge on any atom is -0.436 e. The number of rotatable bonds is 2. The van der Waals surface area contributed by atoms with Crippen LogP contribution >= 0.6 is 27.5 Å². The Kier molecular flexibility index (Phi) is 4.14. The van der Waals surface area contributed by atoms with E-state index in [4.69, 9.17) is 16.3 Å². The molecule has 0 saturated carbocycles. The molecule has 21 heavy (non-hydrogen) atoms. The number of fused-ring (bicyclic) bond motifs is 1. The first-order chi connectivity index (χ1) is 10.2. The van der Waals surface area contributed by atoms with Gasteiger partial charge in [0.25, 0.3) is 0 Å². The number of pyridine rings is 1. The van der Waals surface area contributed by atoms with Gasteiger partial charge in [0.1, 0.15) is 17.4 Å². The van der Waals surface area contributed by atoms with E-state index >= 15 is 0 Å². The highest BCUT2D eigenvalue weighted by atomic mass is 79.9. The van der Waals surface area contributed by atoms with E-state index in [1.165, 1.54) is 0 Å². The highest BCUT2D eigenvalue weighted by molar-refractivity contribution is 9.10. The number of nitriles is 1. The van der Waals surface area contributed by atoms with Gasteiger partial charge in [-0.05, 0) is 55.5 Å². The number of nitrogens with zero attached hydrogens (tertiary/aromatic N) is 2. The Labute approximate surface area is 136 Å². The summed E-state index contributed by atoms with van der Waals surface area (Å²) in [7, 11) is 0. The van der Waals surface area contributed by atoms with Gasteiger partial charge in [0, 0.05) is 10.2 Å². The molecule has 0 unspecified atom stereocenters. The Morgan fingerprint density at radius 3 is 2.81 bits per heavy atom. The van der Waals surface area contributed by atoms with Crippen molar-refractivity contribution in [3.05, 3.63) is 50.6 Å². The molecular formula is C16H12BrClN2O. The van der Waals surface area contributed by atoms with Gasteiger partial charge < -0.3 is 4.74 Å². The van der Waals surface area contributed by atoms with E-state index in [9.17, 15) is 5.26 Å². The van der Waals surface area contributed by atoms with Crippen LogP contribution in [-0.2, 0) is 12.8 Å². The maximum Gasteiger partial charge on any atom is 0.237 e. The van der Waals surface area contributed by atoms with Gasteiger partial charge in [-0.3, -0.25) is 0 Å². The lowest BCUT2D eigenvalue weighted by atomic mass is 9.95. The van der Waals surface area contributed by atoms with Gasteiger partial charge in [0.2, 0.25) is 5.88 Å². The largest absolute Gasteiger partial charge is 0.436 e. The summed E-state index contributed by atoms with van der Waals surface area (Å²) in [5.41, 5.74) is 2.64. The van der Waals surface area contributed by atoms with Crippen LogP contribution in [0.2, 0.25) is 5.02 Å². The Balaban J connectivity index is 1.99. The summed E-state index contributed by atoms with van der Waals surface area (Å²) < 4.78 is 6.64. The number of hydrogen-bond acceptors (Lipinski definition) is 3. The molecule has 0 bridgehead atoms. The first-order valence-corrected chi connectivity index (χ1v) is 7.90. The second-order valence-corrected chi connectivity index (χ2v) is 6.27. The van der Waals surface area contributed by atoms with Crippen LogP contribution in [0.1, 0.15) is 29.7 Å². The summed E-state index contributed by atoms with van der Waals surface area (Å²) in [4.78, 5) is 4.53. The van der Waals surface area contributed by atoms with E-state index < -0.39 is 0 Å². The molecule has 0 aliphatic heterocycles. The summed E-state index contributed by atoms with van der Waals surface area (Å²) in [6.07, 6.45) is 4.20. The number of hydrogen-bond donors (Lipinski definition) is 0. The maximum atomic E-state index is 9.30. The highest BCUT2D eigenvalue weighted by Crippen LogP contribution is 2.33. The Bertz CT molecular complexity index is 740. The molecule has 0 N–H and O–H groups in total. The van der Waals surface area contributed by atoms with E-state index in [2.05, 4.69) is 27.0 Å². The second kappa shape index (κ2) is 6.05. The first-order valence-electron chi connectivity index (χ1n) is 6.73. The number of aryl methyl sites for hydroxylation is 2. The molecule has 0 radical (unpaired) electrons. The zero-order valence-electron chi connectivity index (χ0n) is 11.2. The van der Waals surface area contributed by atoms with Crippen LogP contribution in [0.25, 0.3) is 0 Å². The normalized spacial score (nSPS) is 13.4. The predicted molar refractivity (Wildman–Crippen MR) is 84.8 cm³/mol. The molecule has 0 amide bonds. The lowest BCUT2D eigenvalue weighted by Crippen LogP contribution is -2.07. The standard InChI is InChI=1S/C16H12BrClN2O/c17-12-5-6-15(13(18)8-12)21-16-11(9-19)7-10-3-1-2-4-14(10)20-16/h5-8H,1-4H2. The van der Waals surface area contributed by atoms with E-state index in [0.717, 1.165) is 41.4 Å². The molecular weight excluding hydrogens is 352 g/mol. The van der Waals surface area contributed by atoms with Crippen molar-refractivity contribution in [3.8, 4) is 17.7 Å². The molecule has 1 aliphatic rings. The topological polar surface area (TPSA) is 45.9 Å². The average molecular weight is 364 g/mol. The van der Waals surface area contributed by atoms with E-state index in [1.54, 1.807) is 12.1 Å². The lowest BCUT2D eigenvalue weighted by Gasteiger charge is -2.17. The van der Waals surface area contributed by atoms with Crippen molar-refractivity contribution in [1.29, 1.82) is 5.26 Å². The van der Waals surface area contributed by atoms with E-state index in [1.807, 2.05) is 12.1 Å². The molecule has 0 fully saturated rings. The number of ether oxygens (including phenoxy) is 1. The summed E-state index contributed by atoms with van der Waals surface area (Å²) in [5, 5.41) is 9.78. The van der Waals surface area contributed by atoms with Crippen LogP contribution in [0.15, 0.2) is 28.7 Å². The van der Waals surface area contributed by atoms with E-state index in [-0.39, 0.29) is 0 Å². The van der Waals surface area contributed by atoms with Gasteiger partial charge in [-0.25, -0.2) is 4.98 Å². The van der Waals surface area contributed by atoms with E-state index in [0.29, 0.717) is 22.2 Å². The van der Waals surface area contributed by atoms with Crippen LogP contribution < -0.4 is 4.74 Å². The average Bonchev–Trinajstić information content (AvgIpc) is 2.49. The summed E-state index contributed by atoms with van der Waals surface area (Å²) in [6, 6.07) is 9.40. The Morgan fingerprint density at radius 2 is 2.05 bits per heavy atom. The fraction of sp³-hybridized carbons (Fsp3) is 0.250. The van der Waals surface area contributed by atoms with Crippen LogP contribution in [0.4, 0.5) is 0 Å². The van der Waals surface area contributed by atoms with Gasteiger partial charge in [0.05, 0.1) is 5.02 Å². The van der Waals surface area contributed by atoms with Crippen LogP contribution in [0.3, 0.4) is 0 Å². The van der Waals surface area contributed by atoms with Crippen molar-refractivity contribution in [2.24, 2.45) is 0 Å². The molecule has 106 valence electrons. The van der Waals surface area contributed by atoms with Crippen molar-refractivity contribution in [2.45, 2.75) is 25.7 Å². The van der Waals surface area contributed by atoms with Gasteiger partial charge >= 0.3 is 0 Å². The molecule has 0 saturated heterocycles.